The van der Waals surface area contributed by atoms with Gasteiger partial charge in [0.05, 0.1) is 28.3 Å². The molecule has 1 amide bonds. The summed E-state index contributed by atoms with van der Waals surface area (Å²) in [6, 6.07) is 6.48. The predicted octanol–water partition coefficient (Wildman–Crippen LogP) is 5.96. The standard InChI is InChI=1S/C26H28ClF3N6O2/c1-25(2,3)38-24(37)36-12-15-9-16(36)11-35(15)19-8-7-18-22(34-19)23(32-13-31-18)33-17-6-5-14(10-26(4,29)30)20(27)21(17)28/h5-8,13,15-16H,9-12H2,1-4H3,(H,31,32,33)/t15-,16-/m0/s1. The normalized spacial score (nSPS) is 19.4. The van der Waals surface area contributed by atoms with Crippen LogP contribution in [0, 0.1) is 5.82 Å². The van der Waals surface area contributed by atoms with Gasteiger partial charge in [-0.15, -0.1) is 0 Å². The number of alkyl halides is 2. The van der Waals surface area contributed by atoms with Gasteiger partial charge in [0.15, 0.2) is 11.6 Å². The van der Waals surface area contributed by atoms with E-state index in [2.05, 4.69) is 20.2 Å². The van der Waals surface area contributed by atoms with Crippen molar-refractivity contribution in [3.8, 4) is 0 Å². The van der Waals surface area contributed by atoms with Gasteiger partial charge in [0.25, 0.3) is 0 Å². The Morgan fingerprint density at radius 3 is 2.55 bits per heavy atom. The largest absolute Gasteiger partial charge is 0.444 e. The molecule has 38 heavy (non-hydrogen) atoms. The van der Waals surface area contributed by atoms with Crippen LogP contribution in [-0.4, -0.2) is 62.6 Å². The van der Waals surface area contributed by atoms with E-state index in [1.165, 1.54) is 18.5 Å². The third kappa shape index (κ3) is 5.29. The molecule has 1 aromatic carbocycles. The summed E-state index contributed by atoms with van der Waals surface area (Å²) in [4.78, 5) is 29.8. The van der Waals surface area contributed by atoms with E-state index in [0.717, 1.165) is 13.3 Å². The molecule has 2 aliphatic rings. The quantitative estimate of drug-likeness (QED) is 0.421. The van der Waals surface area contributed by atoms with Gasteiger partial charge in [0.1, 0.15) is 23.3 Å². The monoisotopic (exact) mass is 548 g/mol. The van der Waals surface area contributed by atoms with Crippen molar-refractivity contribution in [2.24, 2.45) is 0 Å². The number of fused-ring (bicyclic) bond motifs is 3. The first kappa shape index (κ1) is 26.3. The average molecular weight is 549 g/mol. The Labute approximate surface area is 223 Å². The highest BCUT2D eigenvalue weighted by molar-refractivity contribution is 6.31. The number of aromatic nitrogens is 3. The number of rotatable bonds is 5. The number of carbonyl (C=O) groups is 1. The van der Waals surface area contributed by atoms with Crippen LogP contribution in [0.25, 0.3) is 11.0 Å². The molecule has 4 heterocycles. The first-order chi connectivity index (χ1) is 17.8. The molecule has 0 radical (unpaired) electrons. The fourth-order valence-corrected chi connectivity index (χ4v) is 5.19. The van der Waals surface area contributed by atoms with Crippen LogP contribution in [0.5, 0.6) is 0 Å². The van der Waals surface area contributed by atoms with Crippen molar-refractivity contribution in [3.63, 3.8) is 0 Å². The van der Waals surface area contributed by atoms with Gasteiger partial charge < -0.3 is 19.9 Å². The van der Waals surface area contributed by atoms with Crippen molar-refractivity contribution < 1.29 is 22.7 Å². The van der Waals surface area contributed by atoms with Gasteiger partial charge in [0, 0.05) is 19.5 Å². The van der Waals surface area contributed by atoms with E-state index in [1.807, 2.05) is 26.8 Å². The van der Waals surface area contributed by atoms with E-state index in [0.29, 0.717) is 29.9 Å². The van der Waals surface area contributed by atoms with E-state index >= 15 is 4.39 Å². The van der Waals surface area contributed by atoms with E-state index in [-0.39, 0.29) is 40.3 Å². The molecule has 2 fully saturated rings. The minimum atomic E-state index is -3.02. The number of nitrogens with zero attached hydrogens (tertiary/aromatic N) is 5. The summed E-state index contributed by atoms with van der Waals surface area (Å²) in [5.74, 6) is -2.94. The van der Waals surface area contributed by atoms with Crippen LogP contribution in [0.2, 0.25) is 5.02 Å². The molecule has 8 nitrogen and oxygen atoms in total. The predicted molar refractivity (Wildman–Crippen MR) is 139 cm³/mol. The summed E-state index contributed by atoms with van der Waals surface area (Å²) >= 11 is 6.07. The van der Waals surface area contributed by atoms with Gasteiger partial charge in [-0.25, -0.2) is 32.9 Å². The molecule has 1 N–H and O–H groups in total. The summed E-state index contributed by atoms with van der Waals surface area (Å²) in [6.45, 7) is 7.42. The van der Waals surface area contributed by atoms with E-state index in [1.54, 1.807) is 11.0 Å². The summed E-state index contributed by atoms with van der Waals surface area (Å²) in [5, 5.41) is 2.52. The first-order valence-electron chi connectivity index (χ1n) is 12.3. The van der Waals surface area contributed by atoms with Crippen molar-refractivity contribution in [1.29, 1.82) is 0 Å². The topological polar surface area (TPSA) is 83.5 Å². The maximum atomic E-state index is 15.0. The molecule has 0 unspecified atom stereocenters. The summed E-state index contributed by atoms with van der Waals surface area (Å²) in [5.41, 5.74) is 0.391. The van der Waals surface area contributed by atoms with Crippen LogP contribution in [0.1, 0.15) is 39.7 Å². The molecule has 2 bridgehead atoms. The SMILES string of the molecule is CC(F)(F)Cc1ccc(Nc2ncnc3ccc(N4C[C@@H]5C[C@H]4CN5C(=O)OC(C)(C)C)nc23)c(F)c1Cl. The van der Waals surface area contributed by atoms with Crippen molar-refractivity contribution >= 4 is 46.1 Å². The number of carbonyl (C=O) groups excluding carboxylic acids is 1. The van der Waals surface area contributed by atoms with Gasteiger partial charge in [-0.1, -0.05) is 17.7 Å². The number of amides is 1. The Morgan fingerprint density at radius 1 is 1.13 bits per heavy atom. The smallest absolute Gasteiger partial charge is 0.410 e. The van der Waals surface area contributed by atoms with Crippen LogP contribution >= 0.6 is 11.6 Å². The number of likely N-dealkylation sites (tertiary alicyclic amines) is 1. The fourth-order valence-electron chi connectivity index (χ4n) is 4.96. The number of hydrogen-bond donors (Lipinski definition) is 1. The number of anilines is 3. The van der Waals surface area contributed by atoms with Crippen molar-refractivity contribution in [2.75, 3.05) is 23.3 Å². The van der Waals surface area contributed by atoms with Gasteiger partial charge in [-0.2, -0.15) is 0 Å². The molecule has 2 aromatic heterocycles. The van der Waals surface area contributed by atoms with Crippen LogP contribution < -0.4 is 10.2 Å². The van der Waals surface area contributed by atoms with Crippen LogP contribution in [-0.2, 0) is 11.2 Å². The summed E-state index contributed by atoms with van der Waals surface area (Å²) in [7, 11) is 0. The summed E-state index contributed by atoms with van der Waals surface area (Å²) in [6.07, 6.45) is 1.15. The Balaban J connectivity index is 1.38. The highest BCUT2D eigenvalue weighted by Crippen LogP contribution is 2.36. The highest BCUT2D eigenvalue weighted by atomic mass is 35.5. The number of pyridine rings is 1. The molecule has 12 heteroatoms. The lowest BCUT2D eigenvalue weighted by molar-refractivity contribution is 0.0209. The molecule has 2 saturated heterocycles. The maximum absolute atomic E-state index is 15.0. The average Bonchev–Trinajstić information content (AvgIpc) is 3.43. The Kier molecular flexibility index (Phi) is 6.53. The third-order valence-corrected chi connectivity index (χ3v) is 6.95. The Bertz CT molecular complexity index is 1390. The molecule has 5 rings (SSSR count). The third-order valence-electron chi connectivity index (χ3n) is 6.55. The zero-order chi connectivity index (χ0) is 27.4. The van der Waals surface area contributed by atoms with Gasteiger partial charge >= 0.3 is 6.09 Å². The molecule has 0 saturated carbocycles. The minimum absolute atomic E-state index is 0.0136. The Morgan fingerprint density at radius 2 is 1.89 bits per heavy atom. The second-order valence-corrected chi connectivity index (χ2v) is 11.2. The highest BCUT2D eigenvalue weighted by Gasteiger charge is 2.47. The van der Waals surface area contributed by atoms with Crippen LogP contribution in [0.15, 0.2) is 30.6 Å². The van der Waals surface area contributed by atoms with Crippen molar-refractivity contribution in [2.45, 2.75) is 64.1 Å². The molecule has 2 aliphatic heterocycles. The number of ether oxygens (including phenoxy) is 1. The lowest BCUT2D eigenvalue weighted by Crippen LogP contribution is -2.50. The molecule has 0 aliphatic carbocycles. The van der Waals surface area contributed by atoms with E-state index in [4.69, 9.17) is 21.3 Å². The molecule has 2 atom stereocenters. The van der Waals surface area contributed by atoms with Crippen LogP contribution in [0.3, 0.4) is 0 Å². The second-order valence-electron chi connectivity index (χ2n) is 10.9. The molecule has 0 spiro atoms. The zero-order valence-electron chi connectivity index (χ0n) is 21.4. The van der Waals surface area contributed by atoms with Gasteiger partial charge in [-0.05, 0) is 57.9 Å². The molecular formula is C26H28ClF3N6O2. The molecule has 202 valence electrons. The Hall–Kier alpha value is -3.34. The van der Waals surface area contributed by atoms with Gasteiger partial charge in [-0.3, -0.25) is 0 Å². The summed E-state index contributed by atoms with van der Waals surface area (Å²) < 4.78 is 47.4. The van der Waals surface area contributed by atoms with E-state index < -0.39 is 23.8 Å². The van der Waals surface area contributed by atoms with E-state index in [9.17, 15) is 13.6 Å². The van der Waals surface area contributed by atoms with Crippen molar-refractivity contribution in [3.05, 3.63) is 47.0 Å². The lowest BCUT2D eigenvalue weighted by Gasteiger charge is -2.35. The van der Waals surface area contributed by atoms with Crippen molar-refractivity contribution in [1.82, 2.24) is 19.9 Å². The molecule has 3 aromatic rings. The number of hydrogen-bond acceptors (Lipinski definition) is 7. The zero-order valence-corrected chi connectivity index (χ0v) is 22.2. The number of halogens is 4. The number of nitrogens with one attached hydrogen (secondary N) is 1. The van der Waals surface area contributed by atoms with Gasteiger partial charge in [0.2, 0.25) is 5.92 Å². The lowest BCUT2D eigenvalue weighted by atomic mass is 10.1. The molecular weight excluding hydrogens is 521 g/mol. The van der Waals surface area contributed by atoms with Crippen LogP contribution in [0.4, 0.5) is 35.3 Å². The second kappa shape index (κ2) is 9.44. The number of benzene rings is 1. The fraction of sp³-hybridized carbons (Fsp3) is 0.462. The number of piperazine rings is 1. The maximum Gasteiger partial charge on any atom is 0.410 e. The first-order valence-corrected chi connectivity index (χ1v) is 12.7. The minimum Gasteiger partial charge on any atom is -0.444 e.